The van der Waals surface area contributed by atoms with E-state index in [2.05, 4.69) is 10.3 Å². The van der Waals surface area contributed by atoms with E-state index in [-0.39, 0.29) is 6.10 Å². The van der Waals surface area contributed by atoms with Crippen molar-refractivity contribution >= 4 is 16.6 Å². The molecule has 16 heavy (non-hydrogen) atoms. The van der Waals surface area contributed by atoms with Gasteiger partial charge in [-0.3, -0.25) is 4.98 Å². The maximum absolute atomic E-state index is 5.67. The highest BCUT2D eigenvalue weighted by atomic mass is 16.5. The fourth-order valence-corrected chi connectivity index (χ4v) is 1.69. The lowest BCUT2D eigenvalue weighted by Gasteiger charge is -2.11. The van der Waals surface area contributed by atoms with Crippen LogP contribution in [0, 0.1) is 0 Å². The average molecular weight is 216 g/mol. The molecule has 0 atom stereocenters. The van der Waals surface area contributed by atoms with Crippen molar-refractivity contribution in [2.24, 2.45) is 0 Å². The van der Waals surface area contributed by atoms with Crippen molar-refractivity contribution < 1.29 is 4.74 Å². The van der Waals surface area contributed by atoms with Crippen LogP contribution in [0.1, 0.15) is 13.8 Å². The van der Waals surface area contributed by atoms with E-state index in [1.165, 1.54) is 0 Å². The second-order valence-electron chi connectivity index (χ2n) is 3.95. The van der Waals surface area contributed by atoms with E-state index in [4.69, 9.17) is 4.74 Å². The summed E-state index contributed by atoms with van der Waals surface area (Å²) in [6.07, 6.45) is 1.99. The van der Waals surface area contributed by atoms with Crippen molar-refractivity contribution in [1.82, 2.24) is 4.98 Å². The Labute approximate surface area is 95.5 Å². The molecule has 2 aromatic rings. The Hall–Kier alpha value is -1.77. The molecular weight excluding hydrogens is 200 g/mol. The fourth-order valence-electron chi connectivity index (χ4n) is 1.69. The molecule has 84 valence electrons. The Kier molecular flexibility index (Phi) is 2.95. The minimum Gasteiger partial charge on any atom is -0.491 e. The van der Waals surface area contributed by atoms with Gasteiger partial charge < -0.3 is 10.1 Å². The molecule has 0 aliphatic carbocycles. The van der Waals surface area contributed by atoms with Crippen LogP contribution in [0.25, 0.3) is 10.9 Å². The summed E-state index contributed by atoms with van der Waals surface area (Å²) in [4.78, 5) is 4.31. The predicted molar refractivity (Wildman–Crippen MR) is 67.1 cm³/mol. The molecule has 0 amide bonds. The Morgan fingerprint density at radius 1 is 1.25 bits per heavy atom. The molecule has 1 aromatic carbocycles. The summed E-state index contributed by atoms with van der Waals surface area (Å²) < 4.78 is 5.67. The van der Waals surface area contributed by atoms with Gasteiger partial charge in [0, 0.05) is 24.3 Å². The normalized spacial score (nSPS) is 10.8. The van der Waals surface area contributed by atoms with Gasteiger partial charge in [-0.2, -0.15) is 0 Å². The molecule has 0 fully saturated rings. The molecule has 3 heteroatoms. The highest BCUT2D eigenvalue weighted by Crippen LogP contribution is 2.26. The maximum Gasteiger partial charge on any atom is 0.120 e. The van der Waals surface area contributed by atoms with Crippen molar-refractivity contribution in [2.75, 3.05) is 12.4 Å². The zero-order valence-electron chi connectivity index (χ0n) is 9.82. The molecule has 0 saturated carbocycles. The molecule has 0 spiro atoms. The van der Waals surface area contributed by atoms with Gasteiger partial charge in [0.25, 0.3) is 0 Å². The molecule has 0 saturated heterocycles. The first-order valence-electron chi connectivity index (χ1n) is 5.44. The molecule has 0 aliphatic heterocycles. The third-order valence-electron chi connectivity index (χ3n) is 2.35. The van der Waals surface area contributed by atoms with Crippen LogP contribution in [-0.4, -0.2) is 18.1 Å². The largest absolute Gasteiger partial charge is 0.491 e. The highest BCUT2D eigenvalue weighted by molar-refractivity contribution is 5.91. The van der Waals surface area contributed by atoms with Crippen LogP contribution in [-0.2, 0) is 0 Å². The Morgan fingerprint density at radius 2 is 2.06 bits per heavy atom. The number of hydrogen-bond acceptors (Lipinski definition) is 3. The highest BCUT2D eigenvalue weighted by Gasteiger charge is 2.03. The third kappa shape index (κ3) is 2.08. The van der Waals surface area contributed by atoms with E-state index in [9.17, 15) is 0 Å². The van der Waals surface area contributed by atoms with Gasteiger partial charge in [0.15, 0.2) is 0 Å². The molecule has 1 heterocycles. The SMILES string of the molecule is CNc1ccnc2ccc(OC(C)C)cc12. The molecule has 0 bridgehead atoms. The van der Waals surface area contributed by atoms with Gasteiger partial charge in [-0.15, -0.1) is 0 Å². The molecule has 2 rings (SSSR count). The van der Waals surface area contributed by atoms with E-state index in [1.807, 2.05) is 45.2 Å². The van der Waals surface area contributed by atoms with Crippen LogP contribution in [0.4, 0.5) is 5.69 Å². The first-order chi connectivity index (χ1) is 7.70. The van der Waals surface area contributed by atoms with Crippen molar-refractivity contribution in [2.45, 2.75) is 20.0 Å². The van der Waals surface area contributed by atoms with Crippen LogP contribution < -0.4 is 10.1 Å². The summed E-state index contributed by atoms with van der Waals surface area (Å²) in [6, 6.07) is 7.91. The average Bonchev–Trinajstić information content (AvgIpc) is 2.27. The minimum atomic E-state index is 0.187. The van der Waals surface area contributed by atoms with E-state index in [0.29, 0.717) is 0 Å². The molecule has 3 nitrogen and oxygen atoms in total. The van der Waals surface area contributed by atoms with Crippen LogP contribution in [0.3, 0.4) is 0 Å². The van der Waals surface area contributed by atoms with Crippen molar-refractivity contribution in [3.8, 4) is 5.75 Å². The van der Waals surface area contributed by atoms with Crippen LogP contribution >= 0.6 is 0 Å². The molecule has 0 unspecified atom stereocenters. The number of pyridine rings is 1. The number of anilines is 1. The third-order valence-corrected chi connectivity index (χ3v) is 2.35. The maximum atomic E-state index is 5.67. The molecule has 1 aromatic heterocycles. The Balaban J connectivity index is 2.50. The number of nitrogens with one attached hydrogen (secondary N) is 1. The van der Waals surface area contributed by atoms with Gasteiger partial charge >= 0.3 is 0 Å². The van der Waals surface area contributed by atoms with Crippen LogP contribution in [0.5, 0.6) is 5.75 Å². The number of ether oxygens (including phenoxy) is 1. The molecule has 1 N–H and O–H groups in total. The number of rotatable bonds is 3. The lowest BCUT2D eigenvalue weighted by atomic mass is 10.2. The smallest absolute Gasteiger partial charge is 0.120 e. The number of benzene rings is 1. The molecule has 0 radical (unpaired) electrons. The Bertz CT molecular complexity index is 494. The van der Waals surface area contributed by atoms with Crippen molar-refractivity contribution in [1.29, 1.82) is 0 Å². The van der Waals surface area contributed by atoms with Gasteiger partial charge in [0.1, 0.15) is 5.75 Å². The first-order valence-corrected chi connectivity index (χ1v) is 5.44. The van der Waals surface area contributed by atoms with Gasteiger partial charge in [0.2, 0.25) is 0 Å². The predicted octanol–water partition coefficient (Wildman–Crippen LogP) is 3.06. The summed E-state index contributed by atoms with van der Waals surface area (Å²) in [7, 11) is 1.91. The van der Waals surface area contributed by atoms with Gasteiger partial charge in [-0.05, 0) is 38.1 Å². The second-order valence-corrected chi connectivity index (χ2v) is 3.95. The standard InChI is InChI=1S/C13H16N2O/c1-9(2)16-10-4-5-13-11(8-10)12(14-3)6-7-15-13/h4-9H,1-3H3,(H,14,15). The van der Waals surface area contributed by atoms with Crippen LogP contribution in [0.2, 0.25) is 0 Å². The van der Waals surface area contributed by atoms with Gasteiger partial charge in [0.05, 0.1) is 11.6 Å². The van der Waals surface area contributed by atoms with Gasteiger partial charge in [-0.1, -0.05) is 0 Å². The lowest BCUT2D eigenvalue weighted by molar-refractivity contribution is 0.243. The number of aromatic nitrogens is 1. The van der Waals surface area contributed by atoms with Crippen molar-refractivity contribution in [3.63, 3.8) is 0 Å². The molecular formula is C13H16N2O. The van der Waals surface area contributed by atoms with Gasteiger partial charge in [-0.25, -0.2) is 0 Å². The summed E-state index contributed by atoms with van der Waals surface area (Å²) in [5.74, 6) is 0.881. The number of hydrogen-bond donors (Lipinski definition) is 1. The quantitative estimate of drug-likeness (QED) is 0.856. The van der Waals surface area contributed by atoms with E-state index in [0.717, 1.165) is 22.3 Å². The number of nitrogens with zero attached hydrogens (tertiary/aromatic N) is 1. The molecule has 0 aliphatic rings. The minimum absolute atomic E-state index is 0.187. The van der Waals surface area contributed by atoms with E-state index >= 15 is 0 Å². The Morgan fingerprint density at radius 3 is 2.75 bits per heavy atom. The zero-order chi connectivity index (χ0) is 11.5. The topological polar surface area (TPSA) is 34.2 Å². The summed E-state index contributed by atoms with van der Waals surface area (Å²) in [6.45, 7) is 4.04. The second kappa shape index (κ2) is 4.39. The summed E-state index contributed by atoms with van der Waals surface area (Å²) >= 11 is 0. The monoisotopic (exact) mass is 216 g/mol. The summed E-state index contributed by atoms with van der Waals surface area (Å²) in [5, 5.41) is 4.24. The fraction of sp³-hybridized carbons (Fsp3) is 0.308. The number of fused-ring (bicyclic) bond motifs is 1. The van der Waals surface area contributed by atoms with Crippen molar-refractivity contribution in [3.05, 3.63) is 30.5 Å². The van der Waals surface area contributed by atoms with E-state index < -0.39 is 0 Å². The first kappa shape index (κ1) is 10.7. The lowest BCUT2D eigenvalue weighted by Crippen LogP contribution is -2.05. The summed E-state index contributed by atoms with van der Waals surface area (Å²) in [5.41, 5.74) is 2.04. The zero-order valence-corrected chi connectivity index (χ0v) is 9.82. The van der Waals surface area contributed by atoms with E-state index in [1.54, 1.807) is 6.20 Å². The van der Waals surface area contributed by atoms with Crippen LogP contribution in [0.15, 0.2) is 30.5 Å².